The second-order valence-electron chi connectivity index (χ2n) is 6.29. The van der Waals surface area contributed by atoms with Crippen LogP contribution < -0.4 is 0 Å². The van der Waals surface area contributed by atoms with Crippen molar-refractivity contribution in [3.63, 3.8) is 0 Å². The second-order valence-corrected chi connectivity index (χ2v) is 6.29. The van der Waals surface area contributed by atoms with Gasteiger partial charge in [-0.05, 0) is 23.8 Å². The lowest BCUT2D eigenvalue weighted by Crippen LogP contribution is -2.38. The summed E-state index contributed by atoms with van der Waals surface area (Å²) in [7, 11) is 1.73. The third kappa shape index (κ3) is 4.05. The summed E-state index contributed by atoms with van der Waals surface area (Å²) >= 11 is 0. The van der Waals surface area contributed by atoms with E-state index in [2.05, 4.69) is 16.1 Å². The molecule has 0 bridgehead atoms. The van der Waals surface area contributed by atoms with Crippen LogP contribution in [0.3, 0.4) is 0 Å². The fourth-order valence-electron chi connectivity index (χ4n) is 3.13. The number of aliphatic hydroxyl groups excluding tert-OH is 1. The van der Waals surface area contributed by atoms with E-state index in [1.54, 1.807) is 35.0 Å². The molecule has 1 aromatic heterocycles. The van der Waals surface area contributed by atoms with E-state index in [4.69, 9.17) is 5.26 Å². The van der Waals surface area contributed by atoms with Crippen molar-refractivity contribution in [2.24, 2.45) is 7.05 Å². The fourth-order valence-corrected chi connectivity index (χ4v) is 3.13. The number of benzene rings is 1. The summed E-state index contributed by atoms with van der Waals surface area (Å²) in [5, 5.41) is 23.4. The molecular formula is C18H21N5O2. The van der Waals surface area contributed by atoms with Crippen molar-refractivity contribution in [2.45, 2.75) is 12.6 Å². The van der Waals surface area contributed by atoms with Crippen molar-refractivity contribution in [3.8, 4) is 6.07 Å². The highest BCUT2D eigenvalue weighted by Crippen LogP contribution is 2.13. The van der Waals surface area contributed by atoms with E-state index >= 15 is 0 Å². The van der Waals surface area contributed by atoms with Gasteiger partial charge in [-0.2, -0.15) is 10.4 Å². The minimum Gasteiger partial charge on any atom is -0.390 e. The Labute approximate surface area is 146 Å². The van der Waals surface area contributed by atoms with Gasteiger partial charge >= 0.3 is 0 Å². The Kier molecular flexibility index (Phi) is 5.12. The monoisotopic (exact) mass is 339 g/mol. The molecule has 2 aromatic rings. The molecule has 1 amide bonds. The first-order chi connectivity index (χ1) is 12.1. The number of nitrogens with zero attached hydrogens (tertiary/aromatic N) is 5. The van der Waals surface area contributed by atoms with Gasteiger partial charge in [0.05, 0.1) is 17.7 Å². The molecule has 3 rings (SSSR count). The van der Waals surface area contributed by atoms with Crippen LogP contribution in [0.2, 0.25) is 0 Å². The number of β-amino-alcohol motifs (C(OH)–C–C–N with tert-alkyl or cyclic N) is 1. The summed E-state index contributed by atoms with van der Waals surface area (Å²) in [5.74, 6) is -0.118. The van der Waals surface area contributed by atoms with Gasteiger partial charge in [-0.15, -0.1) is 0 Å². The summed E-state index contributed by atoms with van der Waals surface area (Å²) < 4.78 is 1.55. The number of aromatic nitrogens is 2. The quantitative estimate of drug-likeness (QED) is 0.886. The number of rotatable bonds is 3. The Morgan fingerprint density at radius 1 is 1.36 bits per heavy atom. The third-order valence-corrected chi connectivity index (χ3v) is 4.38. The van der Waals surface area contributed by atoms with Crippen molar-refractivity contribution < 1.29 is 9.90 Å². The molecule has 1 saturated heterocycles. The van der Waals surface area contributed by atoms with E-state index in [-0.39, 0.29) is 5.91 Å². The average molecular weight is 339 g/mol. The highest BCUT2D eigenvalue weighted by atomic mass is 16.3. The Hall–Kier alpha value is -2.69. The van der Waals surface area contributed by atoms with Crippen molar-refractivity contribution in [3.05, 3.63) is 53.3 Å². The molecule has 7 heteroatoms. The zero-order valence-corrected chi connectivity index (χ0v) is 14.2. The molecule has 1 aromatic carbocycles. The number of amides is 1. The molecule has 1 aliphatic rings. The van der Waals surface area contributed by atoms with Crippen molar-refractivity contribution >= 4 is 5.91 Å². The lowest BCUT2D eigenvalue weighted by Gasteiger charge is -2.21. The zero-order chi connectivity index (χ0) is 17.8. The summed E-state index contributed by atoms with van der Waals surface area (Å²) in [6.07, 6.45) is 0.981. The molecule has 0 radical (unpaired) electrons. The lowest BCUT2D eigenvalue weighted by atomic mass is 10.1. The van der Waals surface area contributed by atoms with E-state index < -0.39 is 6.10 Å². The van der Waals surface area contributed by atoms with E-state index in [1.165, 1.54) is 0 Å². The van der Waals surface area contributed by atoms with Crippen LogP contribution in [0.1, 0.15) is 21.6 Å². The SMILES string of the molecule is Cn1nccc1C(=O)N1CCN(Cc2cccc(C#N)c2)C[C@H](O)C1. The van der Waals surface area contributed by atoms with Gasteiger partial charge in [0.2, 0.25) is 0 Å². The Morgan fingerprint density at radius 3 is 2.92 bits per heavy atom. The molecule has 1 fully saturated rings. The average Bonchev–Trinajstić information content (AvgIpc) is 2.94. The summed E-state index contributed by atoms with van der Waals surface area (Å²) in [6.45, 7) is 2.64. The van der Waals surface area contributed by atoms with Gasteiger partial charge in [0.15, 0.2) is 0 Å². The molecule has 0 aliphatic carbocycles. The Bertz CT molecular complexity index is 795. The molecular weight excluding hydrogens is 318 g/mol. The number of hydrogen-bond acceptors (Lipinski definition) is 5. The van der Waals surface area contributed by atoms with Crippen LogP contribution in [-0.4, -0.2) is 62.9 Å². The van der Waals surface area contributed by atoms with Gasteiger partial charge < -0.3 is 10.0 Å². The van der Waals surface area contributed by atoms with Crippen LogP contribution in [0.4, 0.5) is 0 Å². The van der Waals surface area contributed by atoms with Gasteiger partial charge in [-0.1, -0.05) is 12.1 Å². The van der Waals surface area contributed by atoms with Crippen LogP contribution in [-0.2, 0) is 13.6 Å². The minimum atomic E-state index is -0.612. The van der Waals surface area contributed by atoms with Gasteiger partial charge in [0.1, 0.15) is 5.69 Å². The van der Waals surface area contributed by atoms with Crippen LogP contribution in [0.15, 0.2) is 36.5 Å². The molecule has 0 unspecified atom stereocenters. The molecule has 25 heavy (non-hydrogen) atoms. The summed E-state index contributed by atoms with van der Waals surface area (Å²) in [6, 6.07) is 11.3. The molecule has 1 aliphatic heterocycles. The zero-order valence-electron chi connectivity index (χ0n) is 14.2. The second kappa shape index (κ2) is 7.47. The predicted octanol–water partition coefficient (Wildman–Crippen LogP) is 0.611. The van der Waals surface area contributed by atoms with Gasteiger partial charge in [0, 0.05) is 46.0 Å². The first-order valence-corrected chi connectivity index (χ1v) is 8.23. The molecule has 0 saturated carbocycles. The van der Waals surface area contributed by atoms with E-state index in [0.29, 0.717) is 44.0 Å². The van der Waals surface area contributed by atoms with Gasteiger partial charge in [0.25, 0.3) is 5.91 Å². The maximum atomic E-state index is 12.6. The van der Waals surface area contributed by atoms with Crippen LogP contribution in [0, 0.1) is 11.3 Å². The Balaban J connectivity index is 1.67. The van der Waals surface area contributed by atoms with Gasteiger partial charge in [-0.3, -0.25) is 14.4 Å². The predicted molar refractivity (Wildman–Crippen MR) is 91.6 cm³/mol. The normalized spacial score (nSPS) is 18.6. The number of aryl methyl sites for hydroxylation is 1. The van der Waals surface area contributed by atoms with Gasteiger partial charge in [-0.25, -0.2) is 0 Å². The number of carbonyl (C=O) groups is 1. The first kappa shape index (κ1) is 17.1. The standard InChI is InChI=1S/C18H21N5O2/c1-21-17(5-6-20-21)18(25)23-8-7-22(12-16(24)13-23)11-15-4-2-3-14(9-15)10-19/h2-6,9,16,24H,7-8,11-13H2,1H3/t16-/m0/s1. The molecule has 1 N–H and O–H groups in total. The highest BCUT2D eigenvalue weighted by molar-refractivity contribution is 5.92. The number of aliphatic hydroxyl groups is 1. The lowest BCUT2D eigenvalue weighted by molar-refractivity contribution is 0.0653. The maximum Gasteiger partial charge on any atom is 0.272 e. The van der Waals surface area contributed by atoms with E-state index in [9.17, 15) is 9.90 Å². The molecule has 0 spiro atoms. The van der Waals surface area contributed by atoms with Crippen molar-refractivity contribution in [1.29, 1.82) is 5.26 Å². The number of nitriles is 1. The van der Waals surface area contributed by atoms with Crippen molar-refractivity contribution in [1.82, 2.24) is 19.6 Å². The van der Waals surface area contributed by atoms with Crippen LogP contribution >= 0.6 is 0 Å². The largest absolute Gasteiger partial charge is 0.390 e. The molecule has 7 nitrogen and oxygen atoms in total. The minimum absolute atomic E-state index is 0.118. The molecule has 130 valence electrons. The highest BCUT2D eigenvalue weighted by Gasteiger charge is 2.26. The summed E-state index contributed by atoms with van der Waals surface area (Å²) in [5.41, 5.74) is 2.17. The molecule has 1 atom stereocenters. The summed E-state index contributed by atoms with van der Waals surface area (Å²) in [4.78, 5) is 16.4. The Morgan fingerprint density at radius 2 is 2.20 bits per heavy atom. The molecule has 2 heterocycles. The number of carbonyl (C=O) groups excluding carboxylic acids is 1. The third-order valence-electron chi connectivity index (χ3n) is 4.38. The smallest absolute Gasteiger partial charge is 0.272 e. The fraction of sp³-hybridized carbons (Fsp3) is 0.389. The van der Waals surface area contributed by atoms with E-state index in [0.717, 1.165) is 5.56 Å². The first-order valence-electron chi connectivity index (χ1n) is 8.23. The van der Waals surface area contributed by atoms with Crippen LogP contribution in [0.5, 0.6) is 0 Å². The number of hydrogen-bond donors (Lipinski definition) is 1. The van der Waals surface area contributed by atoms with Crippen LogP contribution in [0.25, 0.3) is 0 Å². The maximum absolute atomic E-state index is 12.6. The van der Waals surface area contributed by atoms with Crippen molar-refractivity contribution in [2.75, 3.05) is 26.2 Å². The topological polar surface area (TPSA) is 85.4 Å². The van der Waals surface area contributed by atoms with E-state index in [1.807, 2.05) is 18.2 Å².